The Kier molecular flexibility index (Phi) is 4.29. The van der Waals surface area contributed by atoms with Crippen LogP contribution >= 0.6 is 0 Å². The minimum Gasteiger partial charge on any atom is -0.445 e. The Bertz CT molecular complexity index is 435. The zero-order valence-electron chi connectivity index (χ0n) is 9.01. The molecular formula is C9H8BF3KNO. The number of carbonyl (C=O) groups is 1. The molecule has 0 aliphatic carbocycles. The summed E-state index contributed by atoms with van der Waals surface area (Å²) in [5, 5.41) is 0. The molecular weight excluding hydrogens is 245 g/mol. The van der Waals surface area contributed by atoms with E-state index in [1.54, 1.807) is 0 Å². The number of benzene rings is 1. The van der Waals surface area contributed by atoms with E-state index in [0.29, 0.717) is 11.3 Å². The summed E-state index contributed by atoms with van der Waals surface area (Å²) in [5.74, 6) is -0.170. The third-order valence-electron chi connectivity index (χ3n) is 2.56. The number of carbonyl (C=O) groups excluding carboxylic acids is 1. The molecule has 2 nitrogen and oxygen atoms in total. The van der Waals surface area contributed by atoms with Crippen molar-refractivity contribution in [2.75, 3.05) is 11.9 Å². The van der Waals surface area contributed by atoms with Crippen molar-refractivity contribution in [3.05, 3.63) is 23.8 Å². The molecule has 1 heterocycles. The van der Waals surface area contributed by atoms with Crippen LogP contribution in [0.1, 0.15) is 5.56 Å². The van der Waals surface area contributed by atoms with Crippen LogP contribution in [0.5, 0.6) is 0 Å². The SMILES string of the molecule is CN1C(=O)Cc2ccc([B-](F)(F)F)cc21.[K+]. The Morgan fingerprint density at radius 1 is 1.31 bits per heavy atom. The summed E-state index contributed by atoms with van der Waals surface area (Å²) in [4.78, 5) is 12.5. The molecule has 1 aromatic carbocycles. The van der Waals surface area contributed by atoms with Gasteiger partial charge in [-0.25, -0.2) is 0 Å². The minimum absolute atomic E-state index is 0. The van der Waals surface area contributed by atoms with Gasteiger partial charge in [0.1, 0.15) is 0 Å². The molecule has 16 heavy (non-hydrogen) atoms. The number of hydrogen-bond acceptors (Lipinski definition) is 1. The summed E-state index contributed by atoms with van der Waals surface area (Å²) in [6, 6.07) is 3.45. The number of likely N-dealkylation sites (N-methyl/N-ethyl adjacent to an activating group) is 1. The van der Waals surface area contributed by atoms with Crippen molar-refractivity contribution < 1.29 is 69.1 Å². The smallest absolute Gasteiger partial charge is 0.445 e. The van der Waals surface area contributed by atoms with Gasteiger partial charge in [0, 0.05) is 12.7 Å². The molecule has 1 aliphatic heterocycles. The quantitative estimate of drug-likeness (QED) is 0.544. The topological polar surface area (TPSA) is 20.3 Å². The number of rotatable bonds is 1. The van der Waals surface area contributed by atoms with Crippen LogP contribution in [0.3, 0.4) is 0 Å². The van der Waals surface area contributed by atoms with E-state index in [0.717, 1.165) is 12.1 Å². The molecule has 0 saturated carbocycles. The predicted molar refractivity (Wildman–Crippen MR) is 52.3 cm³/mol. The van der Waals surface area contributed by atoms with Crippen LogP contribution in [0.2, 0.25) is 0 Å². The van der Waals surface area contributed by atoms with Crippen LogP contribution in [-0.2, 0) is 11.2 Å². The fraction of sp³-hybridized carbons (Fsp3) is 0.222. The van der Waals surface area contributed by atoms with E-state index in [1.807, 2.05) is 0 Å². The number of hydrogen-bond donors (Lipinski definition) is 0. The zero-order chi connectivity index (χ0) is 11.2. The Labute approximate surface area is 134 Å². The van der Waals surface area contributed by atoms with Crippen molar-refractivity contribution in [2.45, 2.75) is 6.42 Å². The predicted octanol–water partition coefficient (Wildman–Crippen LogP) is -1.74. The van der Waals surface area contributed by atoms with Gasteiger partial charge < -0.3 is 17.8 Å². The van der Waals surface area contributed by atoms with E-state index >= 15 is 0 Å². The maximum Gasteiger partial charge on any atom is 1.00 e. The monoisotopic (exact) mass is 253 g/mol. The molecule has 0 bridgehead atoms. The second-order valence-electron chi connectivity index (χ2n) is 3.59. The van der Waals surface area contributed by atoms with E-state index in [-0.39, 0.29) is 63.7 Å². The van der Waals surface area contributed by atoms with Crippen molar-refractivity contribution in [1.29, 1.82) is 0 Å². The van der Waals surface area contributed by atoms with E-state index in [1.165, 1.54) is 18.0 Å². The summed E-state index contributed by atoms with van der Waals surface area (Å²) in [5.41, 5.74) is 0.373. The molecule has 0 unspecified atom stereocenters. The Morgan fingerprint density at radius 3 is 2.50 bits per heavy atom. The first-order valence-corrected chi connectivity index (χ1v) is 4.49. The van der Waals surface area contributed by atoms with Crippen molar-refractivity contribution in [1.82, 2.24) is 0 Å². The number of amides is 1. The maximum absolute atomic E-state index is 12.4. The summed E-state index contributed by atoms with van der Waals surface area (Å²) in [7, 11) is 1.49. The largest absolute Gasteiger partial charge is 1.00 e. The van der Waals surface area contributed by atoms with Crippen molar-refractivity contribution in [2.24, 2.45) is 0 Å². The first kappa shape index (κ1) is 14.2. The van der Waals surface area contributed by atoms with E-state index in [2.05, 4.69) is 0 Å². The third kappa shape index (κ3) is 2.53. The molecule has 0 N–H and O–H groups in total. The van der Waals surface area contributed by atoms with Gasteiger partial charge in [0.15, 0.2) is 0 Å². The van der Waals surface area contributed by atoms with Gasteiger partial charge >= 0.3 is 58.4 Å². The summed E-state index contributed by atoms with van der Waals surface area (Å²) in [6.45, 7) is -4.99. The molecule has 80 valence electrons. The Balaban J connectivity index is 0.00000128. The standard InChI is InChI=1S/C9H8BF3NO.K/c1-14-8-5-7(10(11,12)13)3-2-6(8)4-9(14)15;/h2-3,5H,4H2,1H3;/q-1;+1. The second kappa shape index (κ2) is 4.81. The molecule has 0 atom stereocenters. The molecule has 2 rings (SSSR count). The molecule has 0 spiro atoms. The van der Waals surface area contributed by atoms with Crippen LogP contribution < -0.4 is 61.7 Å². The zero-order valence-corrected chi connectivity index (χ0v) is 12.1. The Morgan fingerprint density at radius 2 is 1.94 bits per heavy atom. The average Bonchev–Trinajstić information content (AvgIpc) is 2.41. The van der Waals surface area contributed by atoms with E-state index < -0.39 is 12.4 Å². The molecule has 0 radical (unpaired) electrons. The van der Waals surface area contributed by atoms with Gasteiger partial charge in [-0.15, -0.1) is 5.46 Å². The third-order valence-corrected chi connectivity index (χ3v) is 2.56. The molecule has 1 aromatic rings. The first-order valence-electron chi connectivity index (χ1n) is 4.49. The molecule has 0 saturated heterocycles. The normalized spacial score (nSPS) is 14.8. The molecule has 7 heteroatoms. The van der Waals surface area contributed by atoms with Gasteiger partial charge in [0.05, 0.1) is 6.42 Å². The van der Waals surface area contributed by atoms with Crippen LogP contribution in [0, 0.1) is 0 Å². The maximum atomic E-state index is 12.4. The van der Waals surface area contributed by atoms with Crippen LogP contribution in [-0.4, -0.2) is 19.9 Å². The molecule has 0 aromatic heterocycles. The molecule has 0 fully saturated rings. The minimum atomic E-state index is -4.99. The molecule has 1 aliphatic rings. The van der Waals surface area contributed by atoms with Crippen LogP contribution in [0.25, 0.3) is 0 Å². The van der Waals surface area contributed by atoms with Gasteiger partial charge in [-0.05, 0) is 5.56 Å². The van der Waals surface area contributed by atoms with Crippen molar-refractivity contribution >= 4 is 24.0 Å². The van der Waals surface area contributed by atoms with Crippen molar-refractivity contribution in [3.63, 3.8) is 0 Å². The van der Waals surface area contributed by atoms with Gasteiger partial charge in [-0.2, -0.15) is 0 Å². The van der Waals surface area contributed by atoms with Crippen LogP contribution in [0.4, 0.5) is 18.6 Å². The summed E-state index contributed by atoms with van der Waals surface area (Å²) in [6.07, 6.45) is 0.191. The number of nitrogens with zero attached hydrogens (tertiary/aromatic N) is 1. The molecule has 1 amide bonds. The van der Waals surface area contributed by atoms with E-state index in [9.17, 15) is 17.7 Å². The van der Waals surface area contributed by atoms with Crippen molar-refractivity contribution in [3.8, 4) is 0 Å². The fourth-order valence-electron chi connectivity index (χ4n) is 1.66. The summed E-state index contributed by atoms with van der Waals surface area (Å²) >= 11 is 0. The van der Waals surface area contributed by atoms with Crippen LogP contribution in [0.15, 0.2) is 18.2 Å². The number of anilines is 1. The second-order valence-corrected chi connectivity index (χ2v) is 3.59. The number of halogens is 3. The fourth-order valence-corrected chi connectivity index (χ4v) is 1.66. The summed E-state index contributed by atoms with van der Waals surface area (Å²) < 4.78 is 37.3. The van der Waals surface area contributed by atoms with E-state index in [4.69, 9.17) is 0 Å². The van der Waals surface area contributed by atoms with Gasteiger partial charge in [0.25, 0.3) is 0 Å². The first-order chi connectivity index (χ1) is 6.89. The Hall–Kier alpha value is 0.181. The van der Waals surface area contributed by atoms with Gasteiger partial charge in [-0.3, -0.25) is 4.79 Å². The average molecular weight is 253 g/mol. The van der Waals surface area contributed by atoms with Gasteiger partial charge in [0.2, 0.25) is 5.91 Å². The van der Waals surface area contributed by atoms with Gasteiger partial charge in [-0.1, -0.05) is 18.2 Å². The number of fused-ring (bicyclic) bond motifs is 1.